The summed E-state index contributed by atoms with van der Waals surface area (Å²) in [6, 6.07) is 10.00. The average Bonchev–Trinajstić information content (AvgIpc) is 3.24. The maximum Gasteiger partial charge on any atom is 0.329 e. The fourth-order valence-corrected chi connectivity index (χ4v) is 3.48. The van der Waals surface area contributed by atoms with Crippen LogP contribution in [0.5, 0.6) is 0 Å². The van der Waals surface area contributed by atoms with E-state index in [4.69, 9.17) is 9.15 Å². The highest BCUT2D eigenvalue weighted by Crippen LogP contribution is 2.30. The Balaban J connectivity index is 1.64. The third-order valence-electron chi connectivity index (χ3n) is 5.08. The first-order valence-corrected chi connectivity index (χ1v) is 9.79. The number of carbonyl (C=O) groups excluding carboxylic acids is 3. The normalized spacial score (nSPS) is 16.8. The average molecular weight is 398 g/mol. The predicted molar refractivity (Wildman–Crippen MR) is 107 cm³/mol. The molecule has 0 spiro atoms. The number of furan rings is 1. The van der Waals surface area contributed by atoms with Gasteiger partial charge in [0.15, 0.2) is 12.4 Å². The number of rotatable bonds is 6. The summed E-state index contributed by atoms with van der Waals surface area (Å²) in [4.78, 5) is 39.3. The Morgan fingerprint density at radius 2 is 1.97 bits per heavy atom. The van der Waals surface area contributed by atoms with Gasteiger partial charge in [-0.15, -0.1) is 0 Å². The third kappa shape index (κ3) is 4.67. The van der Waals surface area contributed by atoms with Gasteiger partial charge in [0.1, 0.15) is 6.04 Å². The molecule has 2 amide bonds. The summed E-state index contributed by atoms with van der Waals surface area (Å²) in [6.45, 7) is 5.19. The Morgan fingerprint density at radius 3 is 2.66 bits per heavy atom. The van der Waals surface area contributed by atoms with Crippen molar-refractivity contribution in [1.82, 2.24) is 5.32 Å². The Labute approximate surface area is 170 Å². The van der Waals surface area contributed by atoms with Gasteiger partial charge in [0.25, 0.3) is 11.8 Å². The molecule has 0 unspecified atom stereocenters. The second-order valence-electron chi connectivity index (χ2n) is 7.56. The van der Waals surface area contributed by atoms with Crippen molar-refractivity contribution in [3.63, 3.8) is 0 Å². The van der Waals surface area contributed by atoms with Crippen LogP contribution >= 0.6 is 0 Å². The van der Waals surface area contributed by atoms with Crippen molar-refractivity contribution in [3.8, 4) is 0 Å². The first-order chi connectivity index (χ1) is 13.9. The molecule has 0 aliphatic carbocycles. The van der Waals surface area contributed by atoms with E-state index < -0.39 is 17.9 Å². The van der Waals surface area contributed by atoms with Crippen LogP contribution in [-0.2, 0) is 20.7 Å². The largest absolute Gasteiger partial charge is 0.459 e. The van der Waals surface area contributed by atoms with Crippen molar-refractivity contribution in [2.75, 3.05) is 11.5 Å². The number of nitrogens with one attached hydrogen (secondary N) is 1. The lowest BCUT2D eigenvalue weighted by Crippen LogP contribution is -2.48. The Kier molecular flexibility index (Phi) is 6.36. The monoisotopic (exact) mass is 398 g/mol. The maximum atomic E-state index is 12.8. The molecule has 7 nitrogen and oxygen atoms in total. The highest BCUT2D eigenvalue weighted by Gasteiger charge is 2.31. The molecule has 29 heavy (non-hydrogen) atoms. The van der Waals surface area contributed by atoms with Gasteiger partial charge in [-0.1, -0.05) is 32.0 Å². The number of para-hydroxylation sites is 1. The van der Waals surface area contributed by atoms with Gasteiger partial charge in [-0.05, 0) is 49.4 Å². The Morgan fingerprint density at radius 1 is 1.21 bits per heavy atom. The van der Waals surface area contributed by atoms with E-state index in [-0.39, 0.29) is 30.2 Å². The van der Waals surface area contributed by atoms with Crippen LogP contribution in [0.1, 0.15) is 43.3 Å². The minimum absolute atomic E-state index is 0.0238. The highest BCUT2D eigenvalue weighted by atomic mass is 16.5. The molecular weight excluding hydrogens is 372 g/mol. The zero-order valence-corrected chi connectivity index (χ0v) is 16.9. The number of aryl methyl sites for hydroxylation is 1. The molecule has 2 aromatic rings. The zero-order chi connectivity index (χ0) is 21.0. The van der Waals surface area contributed by atoms with E-state index in [0.29, 0.717) is 0 Å². The number of carbonyl (C=O) groups is 3. The predicted octanol–water partition coefficient (Wildman–Crippen LogP) is 2.95. The van der Waals surface area contributed by atoms with Crippen LogP contribution in [0.15, 0.2) is 47.1 Å². The van der Waals surface area contributed by atoms with E-state index in [0.717, 1.165) is 24.1 Å². The van der Waals surface area contributed by atoms with Gasteiger partial charge in [0, 0.05) is 11.7 Å². The van der Waals surface area contributed by atoms with Gasteiger partial charge in [-0.25, -0.2) is 4.79 Å². The van der Waals surface area contributed by atoms with Gasteiger partial charge >= 0.3 is 5.97 Å². The number of hydrogen-bond donors (Lipinski definition) is 1. The lowest BCUT2D eigenvalue weighted by atomic mass is 9.96. The number of ether oxygens (including phenoxy) is 1. The quantitative estimate of drug-likeness (QED) is 0.756. The summed E-state index contributed by atoms with van der Waals surface area (Å²) >= 11 is 0. The van der Waals surface area contributed by atoms with Crippen LogP contribution in [0.25, 0.3) is 0 Å². The van der Waals surface area contributed by atoms with Crippen LogP contribution < -0.4 is 10.2 Å². The van der Waals surface area contributed by atoms with Crippen molar-refractivity contribution >= 4 is 23.5 Å². The molecule has 0 saturated carbocycles. The molecule has 2 atom stereocenters. The van der Waals surface area contributed by atoms with Crippen molar-refractivity contribution < 1.29 is 23.5 Å². The fourth-order valence-electron chi connectivity index (χ4n) is 3.48. The van der Waals surface area contributed by atoms with Crippen molar-refractivity contribution in [3.05, 3.63) is 54.0 Å². The third-order valence-corrected chi connectivity index (χ3v) is 5.08. The smallest absolute Gasteiger partial charge is 0.329 e. The van der Waals surface area contributed by atoms with E-state index >= 15 is 0 Å². The molecule has 2 heterocycles. The molecule has 1 aliphatic heterocycles. The summed E-state index contributed by atoms with van der Waals surface area (Å²) in [5.41, 5.74) is 1.97. The van der Waals surface area contributed by atoms with Gasteiger partial charge in [-0.2, -0.15) is 0 Å². The van der Waals surface area contributed by atoms with E-state index in [2.05, 4.69) is 5.32 Å². The van der Waals surface area contributed by atoms with Crippen molar-refractivity contribution in [2.45, 2.75) is 45.7 Å². The van der Waals surface area contributed by atoms with E-state index in [9.17, 15) is 14.4 Å². The van der Waals surface area contributed by atoms with E-state index in [1.165, 1.54) is 12.3 Å². The molecule has 0 bridgehead atoms. The Hall–Kier alpha value is -3.09. The molecule has 1 N–H and O–H groups in total. The lowest BCUT2D eigenvalue weighted by Gasteiger charge is -2.35. The first kappa shape index (κ1) is 20.6. The number of fused-ring (bicyclic) bond motifs is 1. The minimum atomic E-state index is -0.883. The summed E-state index contributed by atoms with van der Waals surface area (Å²) < 4.78 is 10.3. The van der Waals surface area contributed by atoms with Crippen molar-refractivity contribution in [2.24, 2.45) is 5.92 Å². The summed E-state index contributed by atoms with van der Waals surface area (Å²) in [6.07, 6.45) is 3.15. The van der Waals surface area contributed by atoms with E-state index in [1.807, 2.05) is 31.2 Å². The second kappa shape index (κ2) is 8.94. The minimum Gasteiger partial charge on any atom is -0.459 e. The topological polar surface area (TPSA) is 88.9 Å². The molecule has 1 aromatic carbocycles. The van der Waals surface area contributed by atoms with E-state index in [1.54, 1.807) is 24.8 Å². The molecule has 0 saturated heterocycles. The zero-order valence-electron chi connectivity index (χ0n) is 16.9. The molecule has 1 aliphatic rings. The molecule has 3 rings (SSSR count). The standard InChI is InChI=1S/C22H26N2O5/c1-14(2)20(23-21(26)18-9-6-12-28-18)22(27)29-13-19(25)24-15(3)10-11-16-7-4-5-8-17(16)24/h4-9,12,14-15,20H,10-11,13H2,1-3H3,(H,23,26)/t15-,20-/m0/s1. The van der Waals surface area contributed by atoms with Crippen LogP contribution in [0.2, 0.25) is 0 Å². The molecule has 0 radical (unpaired) electrons. The van der Waals surface area contributed by atoms with Crippen LogP contribution in [0.4, 0.5) is 5.69 Å². The van der Waals surface area contributed by atoms with Crippen LogP contribution in [-0.4, -0.2) is 36.5 Å². The first-order valence-electron chi connectivity index (χ1n) is 9.79. The molecule has 154 valence electrons. The van der Waals surface area contributed by atoms with Crippen LogP contribution in [0.3, 0.4) is 0 Å². The number of nitrogens with zero attached hydrogens (tertiary/aromatic N) is 1. The summed E-state index contributed by atoms with van der Waals surface area (Å²) in [5, 5.41) is 2.61. The maximum absolute atomic E-state index is 12.8. The molecule has 1 aromatic heterocycles. The summed E-state index contributed by atoms with van der Waals surface area (Å²) in [5.74, 6) is -1.54. The number of amides is 2. The van der Waals surface area contributed by atoms with Crippen LogP contribution in [0, 0.1) is 5.92 Å². The number of esters is 1. The number of anilines is 1. The second-order valence-corrected chi connectivity index (χ2v) is 7.56. The van der Waals surface area contributed by atoms with Gasteiger partial charge in [-0.3, -0.25) is 9.59 Å². The number of hydrogen-bond acceptors (Lipinski definition) is 5. The highest BCUT2D eigenvalue weighted by molar-refractivity contribution is 5.98. The SMILES string of the molecule is CC(C)[C@H](NC(=O)c1ccco1)C(=O)OCC(=O)N1c2ccccc2CC[C@@H]1C. The molecular formula is C22H26N2O5. The van der Waals surface area contributed by atoms with Crippen molar-refractivity contribution in [1.29, 1.82) is 0 Å². The van der Waals surface area contributed by atoms with Gasteiger partial charge in [0.05, 0.1) is 6.26 Å². The van der Waals surface area contributed by atoms with Gasteiger partial charge in [0.2, 0.25) is 0 Å². The summed E-state index contributed by atoms with van der Waals surface area (Å²) in [7, 11) is 0. The Bertz CT molecular complexity index is 875. The molecule has 0 fully saturated rings. The molecule has 7 heteroatoms. The fraction of sp³-hybridized carbons (Fsp3) is 0.409. The number of benzene rings is 1. The lowest BCUT2D eigenvalue weighted by molar-refractivity contribution is -0.150. The van der Waals surface area contributed by atoms with Gasteiger partial charge < -0.3 is 19.4 Å².